The maximum absolute atomic E-state index is 11.4. The van der Waals surface area contributed by atoms with E-state index in [0.29, 0.717) is 13.0 Å². The second-order valence-electron chi connectivity index (χ2n) is 4.02. The van der Waals surface area contributed by atoms with Crippen LogP contribution < -0.4 is 9.47 Å². The maximum atomic E-state index is 11.4. The standard InChI is InChI=1S/C13H16O4/c1-3-15-13(14)6-9(2)10-4-5-11-12(7-10)17-8-16-11/h4-5,7,9H,3,6,8H2,1-2H3/t9-/m0/s1. The van der Waals surface area contributed by atoms with Gasteiger partial charge in [-0.25, -0.2) is 0 Å². The van der Waals surface area contributed by atoms with Gasteiger partial charge in [0.05, 0.1) is 13.0 Å². The summed E-state index contributed by atoms with van der Waals surface area (Å²) in [6.45, 7) is 4.50. The van der Waals surface area contributed by atoms with Crippen LogP contribution in [0.4, 0.5) is 0 Å². The van der Waals surface area contributed by atoms with Gasteiger partial charge in [0.2, 0.25) is 6.79 Å². The molecule has 1 heterocycles. The highest BCUT2D eigenvalue weighted by molar-refractivity contribution is 5.70. The van der Waals surface area contributed by atoms with E-state index in [9.17, 15) is 4.79 Å². The van der Waals surface area contributed by atoms with Gasteiger partial charge in [-0.3, -0.25) is 4.79 Å². The molecule has 0 radical (unpaired) electrons. The molecule has 1 aliphatic heterocycles. The van der Waals surface area contributed by atoms with Crippen LogP contribution in [0.1, 0.15) is 31.7 Å². The number of hydrogen-bond acceptors (Lipinski definition) is 4. The van der Waals surface area contributed by atoms with Gasteiger partial charge in [-0.2, -0.15) is 0 Å². The number of fused-ring (bicyclic) bond motifs is 1. The second kappa shape index (κ2) is 5.08. The third-order valence-electron chi connectivity index (χ3n) is 2.74. The Morgan fingerprint density at radius 1 is 1.41 bits per heavy atom. The number of esters is 1. The molecular weight excluding hydrogens is 220 g/mol. The predicted molar refractivity (Wildman–Crippen MR) is 62.2 cm³/mol. The van der Waals surface area contributed by atoms with E-state index in [1.807, 2.05) is 32.0 Å². The molecular formula is C13H16O4. The highest BCUT2D eigenvalue weighted by Crippen LogP contribution is 2.35. The zero-order chi connectivity index (χ0) is 12.3. The van der Waals surface area contributed by atoms with Crippen molar-refractivity contribution in [1.82, 2.24) is 0 Å². The van der Waals surface area contributed by atoms with Crippen molar-refractivity contribution in [2.75, 3.05) is 13.4 Å². The van der Waals surface area contributed by atoms with Crippen LogP contribution in [0, 0.1) is 0 Å². The number of rotatable bonds is 4. The lowest BCUT2D eigenvalue weighted by molar-refractivity contribution is -0.143. The third-order valence-corrected chi connectivity index (χ3v) is 2.74. The van der Waals surface area contributed by atoms with E-state index in [4.69, 9.17) is 14.2 Å². The Hall–Kier alpha value is -1.71. The summed E-state index contributed by atoms with van der Waals surface area (Å²) < 4.78 is 15.5. The Morgan fingerprint density at radius 2 is 2.18 bits per heavy atom. The van der Waals surface area contributed by atoms with Gasteiger partial charge in [0, 0.05) is 0 Å². The summed E-state index contributed by atoms with van der Waals surface area (Å²) in [4.78, 5) is 11.4. The first-order chi connectivity index (χ1) is 8.20. The molecule has 0 N–H and O–H groups in total. The fourth-order valence-corrected chi connectivity index (χ4v) is 1.81. The fourth-order valence-electron chi connectivity index (χ4n) is 1.81. The Kier molecular flexibility index (Phi) is 3.52. The number of benzene rings is 1. The zero-order valence-corrected chi connectivity index (χ0v) is 10.1. The lowest BCUT2D eigenvalue weighted by Crippen LogP contribution is -2.08. The molecule has 0 spiro atoms. The van der Waals surface area contributed by atoms with Crippen LogP contribution in [-0.2, 0) is 9.53 Å². The molecule has 0 amide bonds. The summed E-state index contributed by atoms with van der Waals surface area (Å²) in [5, 5.41) is 0. The van der Waals surface area contributed by atoms with E-state index in [1.165, 1.54) is 0 Å². The highest BCUT2D eigenvalue weighted by Gasteiger charge is 2.17. The van der Waals surface area contributed by atoms with Gasteiger partial charge in [-0.1, -0.05) is 13.0 Å². The van der Waals surface area contributed by atoms with Crippen LogP contribution in [0.2, 0.25) is 0 Å². The second-order valence-corrected chi connectivity index (χ2v) is 4.02. The molecule has 4 nitrogen and oxygen atoms in total. The number of hydrogen-bond donors (Lipinski definition) is 0. The number of ether oxygens (including phenoxy) is 3. The summed E-state index contributed by atoms with van der Waals surface area (Å²) in [5.41, 5.74) is 1.06. The lowest BCUT2D eigenvalue weighted by Gasteiger charge is -2.11. The first kappa shape index (κ1) is 11.8. The predicted octanol–water partition coefficient (Wildman–Crippen LogP) is 2.47. The van der Waals surface area contributed by atoms with Crippen molar-refractivity contribution in [1.29, 1.82) is 0 Å². The smallest absolute Gasteiger partial charge is 0.306 e. The molecule has 1 atom stereocenters. The molecule has 2 rings (SSSR count). The summed E-state index contributed by atoms with van der Waals surface area (Å²) in [6.07, 6.45) is 0.382. The van der Waals surface area contributed by atoms with E-state index < -0.39 is 0 Å². The maximum Gasteiger partial charge on any atom is 0.306 e. The van der Waals surface area contributed by atoms with E-state index in [1.54, 1.807) is 0 Å². The Morgan fingerprint density at radius 3 is 2.94 bits per heavy atom. The van der Waals surface area contributed by atoms with Crippen LogP contribution in [-0.4, -0.2) is 19.4 Å². The number of carbonyl (C=O) groups is 1. The average molecular weight is 236 g/mol. The van der Waals surface area contributed by atoms with Crippen molar-refractivity contribution in [3.05, 3.63) is 23.8 Å². The molecule has 0 saturated heterocycles. The molecule has 0 saturated carbocycles. The van der Waals surface area contributed by atoms with E-state index >= 15 is 0 Å². The zero-order valence-electron chi connectivity index (χ0n) is 10.1. The monoisotopic (exact) mass is 236 g/mol. The third kappa shape index (κ3) is 2.70. The van der Waals surface area contributed by atoms with Crippen molar-refractivity contribution < 1.29 is 19.0 Å². The van der Waals surface area contributed by atoms with Crippen LogP contribution in [0.15, 0.2) is 18.2 Å². The van der Waals surface area contributed by atoms with Crippen molar-refractivity contribution in [2.24, 2.45) is 0 Å². The van der Waals surface area contributed by atoms with E-state index in [2.05, 4.69) is 0 Å². The first-order valence-corrected chi connectivity index (χ1v) is 5.76. The van der Waals surface area contributed by atoms with Crippen LogP contribution in [0.3, 0.4) is 0 Å². The summed E-state index contributed by atoms with van der Waals surface area (Å²) in [6, 6.07) is 5.75. The Labute approximate surface area is 100 Å². The van der Waals surface area contributed by atoms with Crippen LogP contribution in [0.5, 0.6) is 11.5 Å². The van der Waals surface area contributed by atoms with E-state index in [0.717, 1.165) is 17.1 Å². The van der Waals surface area contributed by atoms with Gasteiger partial charge in [0.25, 0.3) is 0 Å². The molecule has 17 heavy (non-hydrogen) atoms. The minimum absolute atomic E-state index is 0.114. The van der Waals surface area contributed by atoms with Gasteiger partial charge in [0.1, 0.15) is 0 Å². The van der Waals surface area contributed by atoms with Crippen molar-refractivity contribution in [3.63, 3.8) is 0 Å². The summed E-state index contributed by atoms with van der Waals surface area (Å²) in [7, 11) is 0. The molecule has 1 aromatic carbocycles. The SMILES string of the molecule is CCOC(=O)C[C@H](C)c1ccc2c(c1)OCO2. The van der Waals surface area contributed by atoms with Gasteiger partial charge in [-0.15, -0.1) is 0 Å². The molecule has 0 aromatic heterocycles. The average Bonchev–Trinajstić information content (AvgIpc) is 2.75. The number of carbonyl (C=O) groups excluding carboxylic acids is 1. The van der Waals surface area contributed by atoms with Gasteiger partial charge >= 0.3 is 5.97 Å². The summed E-state index contributed by atoms with van der Waals surface area (Å²) >= 11 is 0. The molecule has 1 aromatic rings. The first-order valence-electron chi connectivity index (χ1n) is 5.76. The minimum atomic E-state index is -0.169. The van der Waals surface area contributed by atoms with Gasteiger partial charge < -0.3 is 14.2 Å². The topological polar surface area (TPSA) is 44.8 Å². The molecule has 0 aliphatic carbocycles. The fraction of sp³-hybridized carbons (Fsp3) is 0.462. The molecule has 0 bridgehead atoms. The molecule has 1 aliphatic rings. The van der Waals surface area contributed by atoms with Crippen molar-refractivity contribution >= 4 is 5.97 Å². The quantitative estimate of drug-likeness (QED) is 0.753. The normalized spacial score (nSPS) is 14.5. The molecule has 4 heteroatoms. The Balaban J connectivity index is 2.04. The van der Waals surface area contributed by atoms with Crippen LogP contribution >= 0.6 is 0 Å². The summed E-state index contributed by atoms with van der Waals surface area (Å²) in [5.74, 6) is 1.46. The Bertz CT molecular complexity index is 414. The largest absolute Gasteiger partial charge is 0.466 e. The van der Waals surface area contributed by atoms with Crippen LogP contribution in [0.25, 0.3) is 0 Å². The molecule has 0 unspecified atom stereocenters. The highest BCUT2D eigenvalue weighted by atomic mass is 16.7. The minimum Gasteiger partial charge on any atom is -0.466 e. The van der Waals surface area contributed by atoms with Crippen molar-refractivity contribution in [2.45, 2.75) is 26.2 Å². The van der Waals surface area contributed by atoms with Gasteiger partial charge in [0.15, 0.2) is 11.5 Å². The van der Waals surface area contributed by atoms with E-state index in [-0.39, 0.29) is 18.7 Å². The molecule has 92 valence electrons. The molecule has 0 fully saturated rings. The van der Waals surface area contributed by atoms with Gasteiger partial charge in [-0.05, 0) is 30.5 Å². The lowest BCUT2D eigenvalue weighted by atomic mass is 9.97. The van der Waals surface area contributed by atoms with Crippen molar-refractivity contribution in [3.8, 4) is 11.5 Å².